The summed E-state index contributed by atoms with van der Waals surface area (Å²) in [4.78, 5) is 18.4. The van der Waals surface area contributed by atoms with Crippen molar-refractivity contribution in [3.05, 3.63) is 53.6 Å². The molecule has 1 aliphatic rings. The van der Waals surface area contributed by atoms with Crippen LogP contribution in [0.15, 0.2) is 53.4 Å². The van der Waals surface area contributed by atoms with E-state index in [4.69, 9.17) is 16.3 Å². The molecule has 1 aliphatic heterocycles. The highest BCUT2D eigenvalue weighted by Crippen LogP contribution is 2.28. The quantitative estimate of drug-likeness (QED) is 0.660. The molecule has 1 fully saturated rings. The van der Waals surface area contributed by atoms with Crippen LogP contribution in [-0.4, -0.2) is 49.3 Å². The van der Waals surface area contributed by atoms with Gasteiger partial charge in [0, 0.05) is 41.8 Å². The van der Waals surface area contributed by atoms with Crippen molar-refractivity contribution in [1.29, 1.82) is 0 Å². The Morgan fingerprint density at radius 3 is 2.26 bits per heavy atom. The lowest BCUT2D eigenvalue weighted by molar-refractivity contribution is -0.130. The minimum atomic E-state index is -0.0567. The molecule has 1 atom stereocenters. The molecule has 1 unspecified atom stereocenters. The molecule has 0 bridgehead atoms. The van der Waals surface area contributed by atoms with Gasteiger partial charge < -0.3 is 14.5 Å². The maximum absolute atomic E-state index is 13.0. The van der Waals surface area contributed by atoms with E-state index in [-0.39, 0.29) is 11.2 Å². The van der Waals surface area contributed by atoms with Gasteiger partial charge in [0.1, 0.15) is 5.75 Å². The van der Waals surface area contributed by atoms with E-state index < -0.39 is 0 Å². The van der Waals surface area contributed by atoms with E-state index in [1.807, 2.05) is 41.3 Å². The average Bonchev–Trinajstić information content (AvgIpc) is 2.73. The molecule has 27 heavy (non-hydrogen) atoms. The zero-order valence-electron chi connectivity index (χ0n) is 15.7. The molecular formula is C21H25ClN2O2S. The Kier molecular flexibility index (Phi) is 6.91. The molecule has 1 saturated heterocycles. The molecule has 144 valence electrons. The van der Waals surface area contributed by atoms with Crippen molar-refractivity contribution in [1.82, 2.24) is 4.90 Å². The zero-order valence-corrected chi connectivity index (χ0v) is 17.3. The molecule has 2 aromatic rings. The zero-order chi connectivity index (χ0) is 19.2. The highest BCUT2D eigenvalue weighted by atomic mass is 35.5. The van der Waals surface area contributed by atoms with Crippen LogP contribution in [0.5, 0.6) is 5.75 Å². The Balaban J connectivity index is 1.56. The van der Waals surface area contributed by atoms with Gasteiger partial charge in [-0.15, -0.1) is 11.8 Å². The molecule has 0 aromatic heterocycles. The topological polar surface area (TPSA) is 32.8 Å². The molecule has 2 aromatic carbocycles. The molecule has 1 amide bonds. The first-order chi connectivity index (χ1) is 13.1. The number of nitrogens with zero attached hydrogens (tertiary/aromatic N) is 2. The van der Waals surface area contributed by atoms with Crippen molar-refractivity contribution in [3.63, 3.8) is 0 Å². The maximum Gasteiger partial charge on any atom is 0.236 e. The van der Waals surface area contributed by atoms with E-state index in [1.54, 1.807) is 18.9 Å². The average molecular weight is 405 g/mol. The van der Waals surface area contributed by atoms with Gasteiger partial charge in [-0.05, 0) is 55.0 Å². The fourth-order valence-electron chi connectivity index (χ4n) is 3.17. The number of anilines is 1. The first kappa shape index (κ1) is 19.9. The van der Waals surface area contributed by atoms with E-state index in [0.29, 0.717) is 5.02 Å². The van der Waals surface area contributed by atoms with Crippen LogP contribution in [0.1, 0.15) is 13.3 Å². The first-order valence-electron chi connectivity index (χ1n) is 9.20. The van der Waals surface area contributed by atoms with Crippen LogP contribution in [0.3, 0.4) is 0 Å². The Morgan fingerprint density at radius 2 is 1.70 bits per heavy atom. The third-order valence-corrected chi connectivity index (χ3v) is 6.38. The number of carbonyl (C=O) groups excluding carboxylic acids is 1. The number of piperazine rings is 1. The van der Waals surface area contributed by atoms with Crippen LogP contribution in [0.2, 0.25) is 5.02 Å². The van der Waals surface area contributed by atoms with Crippen molar-refractivity contribution in [3.8, 4) is 5.75 Å². The second-order valence-electron chi connectivity index (χ2n) is 6.48. The van der Waals surface area contributed by atoms with Gasteiger partial charge in [0.15, 0.2) is 0 Å². The standard InChI is InChI=1S/C21H25ClN2O2S/c1-3-20(27-19-10-4-16(22)5-11-19)21(25)24-14-12-23(13-15-24)17-6-8-18(26-2)9-7-17/h4-11,20H,3,12-15H2,1-2H3. The predicted molar refractivity (Wildman–Crippen MR) is 113 cm³/mol. The van der Waals surface area contributed by atoms with E-state index in [2.05, 4.69) is 24.0 Å². The minimum absolute atomic E-state index is 0.0567. The molecule has 0 spiro atoms. The van der Waals surface area contributed by atoms with Crippen LogP contribution in [0.4, 0.5) is 5.69 Å². The summed E-state index contributed by atoms with van der Waals surface area (Å²) < 4.78 is 5.22. The molecule has 0 radical (unpaired) electrons. The molecule has 3 rings (SSSR count). The van der Waals surface area contributed by atoms with Gasteiger partial charge in [-0.3, -0.25) is 4.79 Å². The highest BCUT2D eigenvalue weighted by Gasteiger charge is 2.27. The van der Waals surface area contributed by atoms with E-state index in [9.17, 15) is 4.79 Å². The minimum Gasteiger partial charge on any atom is -0.497 e. The second kappa shape index (κ2) is 9.38. The number of carbonyl (C=O) groups is 1. The summed E-state index contributed by atoms with van der Waals surface area (Å²) >= 11 is 7.57. The van der Waals surface area contributed by atoms with Gasteiger partial charge in [0.05, 0.1) is 12.4 Å². The Morgan fingerprint density at radius 1 is 1.07 bits per heavy atom. The van der Waals surface area contributed by atoms with Crippen molar-refractivity contribution in [2.45, 2.75) is 23.5 Å². The van der Waals surface area contributed by atoms with Gasteiger partial charge in [-0.1, -0.05) is 18.5 Å². The Labute approximate surface area is 170 Å². The lowest BCUT2D eigenvalue weighted by Crippen LogP contribution is -2.51. The fraction of sp³-hybridized carbons (Fsp3) is 0.381. The van der Waals surface area contributed by atoms with Crippen molar-refractivity contribution in [2.24, 2.45) is 0 Å². The lowest BCUT2D eigenvalue weighted by atomic mass is 10.2. The summed E-state index contributed by atoms with van der Waals surface area (Å²) in [6.07, 6.45) is 0.810. The SMILES string of the molecule is CCC(Sc1ccc(Cl)cc1)C(=O)N1CCN(c2ccc(OC)cc2)CC1. The van der Waals surface area contributed by atoms with Crippen molar-refractivity contribution < 1.29 is 9.53 Å². The van der Waals surface area contributed by atoms with Gasteiger partial charge in [-0.25, -0.2) is 0 Å². The third-order valence-electron chi connectivity index (χ3n) is 4.77. The molecule has 6 heteroatoms. The van der Waals surface area contributed by atoms with Crippen LogP contribution in [0, 0.1) is 0 Å². The molecule has 0 N–H and O–H groups in total. The normalized spacial score (nSPS) is 15.5. The van der Waals surface area contributed by atoms with Gasteiger partial charge in [0.2, 0.25) is 5.91 Å². The van der Waals surface area contributed by atoms with Gasteiger partial charge in [-0.2, -0.15) is 0 Å². The van der Waals surface area contributed by atoms with Gasteiger partial charge >= 0.3 is 0 Å². The number of rotatable bonds is 6. The van der Waals surface area contributed by atoms with Crippen LogP contribution in [-0.2, 0) is 4.79 Å². The Hall–Kier alpha value is -1.85. The first-order valence-corrected chi connectivity index (χ1v) is 10.5. The number of amides is 1. The molecule has 0 aliphatic carbocycles. The number of ether oxygens (including phenoxy) is 1. The summed E-state index contributed by atoms with van der Waals surface area (Å²) in [7, 11) is 1.67. The van der Waals surface area contributed by atoms with E-state index in [0.717, 1.165) is 43.2 Å². The maximum atomic E-state index is 13.0. The number of methoxy groups -OCH3 is 1. The van der Waals surface area contributed by atoms with Crippen LogP contribution >= 0.6 is 23.4 Å². The Bertz CT molecular complexity index is 744. The van der Waals surface area contributed by atoms with Crippen molar-refractivity contribution >= 4 is 35.0 Å². The summed E-state index contributed by atoms with van der Waals surface area (Å²) in [5.41, 5.74) is 1.17. The number of hydrogen-bond donors (Lipinski definition) is 0. The third kappa shape index (κ3) is 5.11. The summed E-state index contributed by atoms with van der Waals surface area (Å²) in [5.74, 6) is 1.09. The monoisotopic (exact) mass is 404 g/mol. The van der Waals surface area contributed by atoms with E-state index in [1.165, 1.54) is 5.69 Å². The fourth-order valence-corrected chi connectivity index (χ4v) is 4.33. The molecule has 1 heterocycles. The number of benzene rings is 2. The summed E-state index contributed by atoms with van der Waals surface area (Å²) in [6, 6.07) is 15.8. The van der Waals surface area contributed by atoms with E-state index >= 15 is 0 Å². The number of halogens is 1. The van der Waals surface area contributed by atoms with Crippen LogP contribution in [0.25, 0.3) is 0 Å². The highest BCUT2D eigenvalue weighted by molar-refractivity contribution is 8.00. The van der Waals surface area contributed by atoms with Gasteiger partial charge in [0.25, 0.3) is 0 Å². The van der Waals surface area contributed by atoms with Crippen LogP contribution < -0.4 is 9.64 Å². The smallest absolute Gasteiger partial charge is 0.236 e. The molecule has 0 saturated carbocycles. The summed E-state index contributed by atoms with van der Waals surface area (Å²) in [6.45, 7) is 5.27. The number of hydrogen-bond acceptors (Lipinski definition) is 4. The predicted octanol–water partition coefficient (Wildman–Crippen LogP) is 4.57. The number of thioether (sulfide) groups is 1. The largest absolute Gasteiger partial charge is 0.497 e. The molecule has 4 nitrogen and oxygen atoms in total. The lowest BCUT2D eigenvalue weighted by Gasteiger charge is -2.37. The van der Waals surface area contributed by atoms with Crippen molar-refractivity contribution in [2.75, 3.05) is 38.2 Å². The second-order valence-corrected chi connectivity index (χ2v) is 8.19. The molecular weight excluding hydrogens is 380 g/mol. The summed E-state index contributed by atoms with van der Waals surface area (Å²) in [5, 5.41) is 0.659.